The monoisotopic (exact) mass is 255 g/mol. The predicted molar refractivity (Wildman–Crippen MR) is 68.3 cm³/mol. The van der Waals surface area contributed by atoms with Gasteiger partial charge in [-0.2, -0.15) is 0 Å². The third-order valence-electron chi connectivity index (χ3n) is 4.60. The maximum atomic E-state index is 9.25. The number of hydrogen-bond acceptors (Lipinski definition) is 4. The van der Waals surface area contributed by atoms with Gasteiger partial charge in [0.15, 0.2) is 5.79 Å². The van der Waals surface area contributed by atoms with Crippen molar-refractivity contribution in [3.63, 3.8) is 0 Å². The van der Waals surface area contributed by atoms with Crippen molar-refractivity contribution in [3.8, 4) is 0 Å². The Kier molecular flexibility index (Phi) is 3.89. The summed E-state index contributed by atoms with van der Waals surface area (Å²) in [6, 6.07) is 0. The van der Waals surface area contributed by atoms with E-state index in [0.29, 0.717) is 12.5 Å². The van der Waals surface area contributed by atoms with Crippen LogP contribution in [0.25, 0.3) is 0 Å². The van der Waals surface area contributed by atoms with Gasteiger partial charge in [-0.25, -0.2) is 0 Å². The molecule has 0 aromatic carbocycles. The molecule has 18 heavy (non-hydrogen) atoms. The first-order valence-electron chi connectivity index (χ1n) is 7.45. The topological polar surface area (TPSA) is 41.9 Å². The normalized spacial score (nSPS) is 36.5. The number of aliphatic hydroxyl groups excluding tert-OH is 1. The first kappa shape index (κ1) is 12.9. The zero-order valence-electron chi connectivity index (χ0n) is 11.1. The summed E-state index contributed by atoms with van der Waals surface area (Å²) in [5.74, 6) is 0.234. The Bertz CT molecular complexity index is 278. The molecular weight excluding hydrogens is 230 g/mol. The summed E-state index contributed by atoms with van der Waals surface area (Å²) in [5, 5.41) is 9.25. The van der Waals surface area contributed by atoms with E-state index in [1.54, 1.807) is 0 Å². The lowest BCUT2D eigenvalue weighted by atomic mass is 9.99. The molecule has 1 saturated carbocycles. The highest BCUT2D eigenvalue weighted by atomic mass is 16.7. The van der Waals surface area contributed by atoms with Gasteiger partial charge in [-0.05, 0) is 38.1 Å². The van der Waals surface area contributed by atoms with Crippen molar-refractivity contribution in [1.29, 1.82) is 0 Å². The molecule has 2 heterocycles. The molecule has 2 aliphatic heterocycles. The van der Waals surface area contributed by atoms with Crippen LogP contribution in [0.4, 0.5) is 0 Å². The number of likely N-dealkylation sites (tertiary alicyclic amines) is 1. The molecule has 0 aromatic rings. The van der Waals surface area contributed by atoms with E-state index in [0.717, 1.165) is 39.1 Å². The zero-order chi connectivity index (χ0) is 12.4. The fraction of sp³-hybridized carbons (Fsp3) is 1.00. The lowest BCUT2D eigenvalue weighted by Crippen LogP contribution is -2.42. The molecule has 2 unspecified atom stereocenters. The van der Waals surface area contributed by atoms with Crippen LogP contribution in [0.2, 0.25) is 0 Å². The van der Waals surface area contributed by atoms with Gasteiger partial charge in [0.1, 0.15) is 0 Å². The van der Waals surface area contributed by atoms with Crippen LogP contribution in [0.5, 0.6) is 0 Å². The standard InChI is InChI=1S/C14H25NO3/c16-10-12-4-3-7-15(8-12)9-13-11-17-14(18-13)5-1-2-6-14/h12-13,16H,1-11H2. The number of piperidine rings is 1. The van der Waals surface area contributed by atoms with Gasteiger partial charge in [0.2, 0.25) is 0 Å². The summed E-state index contributed by atoms with van der Waals surface area (Å²) in [7, 11) is 0. The largest absolute Gasteiger partial charge is 0.396 e. The van der Waals surface area contributed by atoms with Crippen LogP contribution in [0.3, 0.4) is 0 Å². The second-order valence-electron chi connectivity index (χ2n) is 6.12. The second-order valence-corrected chi connectivity index (χ2v) is 6.12. The van der Waals surface area contributed by atoms with Crippen LogP contribution in [0.15, 0.2) is 0 Å². The highest BCUT2D eigenvalue weighted by Crippen LogP contribution is 2.39. The van der Waals surface area contributed by atoms with Gasteiger partial charge in [-0.1, -0.05) is 0 Å². The van der Waals surface area contributed by atoms with Crippen LogP contribution < -0.4 is 0 Å². The highest BCUT2D eigenvalue weighted by molar-refractivity contribution is 4.86. The minimum atomic E-state index is -0.225. The van der Waals surface area contributed by atoms with E-state index in [9.17, 15) is 5.11 Å². The van der Waals surface area contributed by atoms with E-state index >= 15 is 0 Å². The lowest BCUT2D eigenvalue weighted by molar-refractivity contribution is -0.163. The summed E-state index contributed by atoms with van der Waals surface area (Å²) in [6.07, 6.45) is 7.22. The quantitative estimate of drug-likeness (QED) is 0.827. The van der Waals surface area contributed by atoms with Crippen molar-refractivity contribution in [2.45, 2.75) is 50.4 Å². The molecule has 0 radical (unpaired) electrons. The number of rotatable bonds is 3. The van der Waals surface area contributed by atoms with Crippen molar-refractivity contribution in [3.05, 3.63) is 0 Å². The Labute approximate surface area is 109 Å². The Morgan fingerprint density at radius 3 is 2.83 bits per heavy atom. The maximum absolute atomic E-state index is 9.25. The van der Waals surface area contributed by atoms with E-state index in [4.69, 9.17) is 9.47 Å². The van der Waals surface area contributed by atoms with Crippen LogP contribution >= 0.6 is 0 Å². The van der Waals surface area contributed by atoms with E-state index in [1.807, 2.05) is 0 Å². The van der Waals surface area contributed by atoms with E-state index in [2.05, 4.69) is 4.90 Å². The van der Waals surface area contributed by atoms with Gasteiger partial charge >= 0.3 is 0 Å². The van der Waals surface area contributed by atoms with Gasteiger partial charge in [0, 0.05) is 32.5 Å². The molecule has 0 aromatic heterocycles. The zero-order valence-corrected chi connectivity index (χ0v) is 11.1. The molecule has 1 spiro atoms. The molecule has 1 aliphatic carbocycles. The third-order valence-corrected chi connectivity index (χ3v) is 4.60. The average molecular weight is 255 g/mol. The lowest BCUT2D eigenvalue weighted by Gasteiger charge is -2.33. The number of hydrogen-bond donors (Lipinski definition) is 1. The minimum absolute atomic E-state index is 0.225. The van der Waals surface area contributed by atoms with Gasteiger partial charge in [0.25, 0.3) is 0 Å². The second kappa shape index (κ2) is 5.45. The summed E-state index contributed by atoms with van der Waals surface area (Å²) in [5.41, 5.74) is 0. The first-order valence-corrected chi connectivity index (χ1v) is 7.45. The molecule has 2 saturated heterocycles. The molecule has 4 heteroatoms. The van der Waals surface area contributed by atoms with E-state index in [-0.39, 0.29) is 11.9 Å². The molecule has 0 bridgehead atoms. The molecular formula is C14H25NO3. The van der Waals surface area contributed by atoms with Crippen LogP contribution in [0, 0.1) is 5.92 Å². The molecule has 4 nitrogen and oxygen atoms in total. The van der Waals surface area contributed by atoms with E-state index < -0.39 is 0 Å². The van der Waals surface area contributed by atoms with E-state index in [1.165, 1.54) is 25.7 Å². The molecule has 3 aliphatic rings. The summed E-state index contributed by atoms with van der Waals surface area (Å²) in [4.78, 5) is 2.44. The Morgan fingerprint density at radius 1 is 1.22 bits per heavy atom. The van der Waals surface area contributed by atoms with Gasteiger partial charge < -0.3 is 19.5 Å². The molecule has 2 atom stereocenters. The summed E-state index contributed by atoms with van der Waals surface area (Å²) in [6.45, 7) is 4.20. The van der Waals surface area contributed by atoms with Gasteiger partial charge in [0.05, 0.1) is 12.7 Å². The number of nitrogens with zero attached hydrogens (tertiary/aromatic N) is 1. The SMILES string of the molecule is OCC1CCCN(CC2COC3(CCCC3)O2)C1. The third kappa shape index (κ3) is 2.72. The van der Waals surface area contributed by atoms with Crippen LogP contribution in [-0.2, 0) is 9.47 Å². The van der Waals surface area contributed by atoms with Crippen molar-refractivity contribution in [2.75, 3.05) is 32.8 Å². The Morgan fingerprint density at radius 2 is 2.06 bits per heavy atom. The fourth-order valence-electron chi connectivity index (χ4n) is 3.64. The molecule has 3 fully saturated rings. The van der Waals surface area contributed by atoms with Gasteiger partial charge in [-0.3, -0.25) is 0 Å². The van der Waals surface area contributed by atoms with Crippen LogP contribution in [0.1, 0.15) is 38.5 Å². The average Bonchev–Trinajstić information content (AvgIpc) is 3.01. The smallest absolute Gasteiger partial charge is 0.168 e. The van der Waals surface area contributed by atoms with Gasteiger partial charge in [-0.15, -0.1) is 0 Å². The Hall–Kier alpha value is -0.160. The van der Waals surface area contributed by atoms with Crippen molar-refractivity contribution >= 4 is 0 Å². The van der Waals surface area contributed by atoms with Crippen molar-refractivity contribution < 1.29 is 14.6 Å². The molecule has 104 valence electrons. The predicted octanol–water partition coefficient (Wildman–Crippen LogP) is 1.38. The summed E-state index contributed by atoms with van der Waals surface area (Å²) >= 11 is 0. The van der Waals surface area contributed by atoms with Crippen molar-refractivity contribution in [2.24, 2.45) is 5.92 Å². The minimum Gasteiger partial charge on any atom is -0.396 e. The molecule has 1 N–H and O–H groups in total. The number of aliphatic hydroxyl groups is 1. The fourth-order valence-corrected chi connectivity index (χ4v) is 3.64. The number of ether oxygens (including phenoxy) is 2. The Balaban J connectivity index is 1.48. The molecule has 0 amide bonds. The summed E-state index contributed by atoms with van der Waals surface area (Å²) < 4.78 is 12.1. The first-order chi connectivity index (χ1) is 8.80. The molecule has 3 rings (SSSR count). The maximum Gasteiger partial charge on any atom is 0.168 e. The highest BCUT2D eigenvalue weighted by Gasteiger charge is 2.44. The van der Waals surface area contributed by atoms with Crippen molar-refractivity contribution in [1.82, 2.24) is 4.90 Å². The van der Waals surface area contributed by atoms with Crippen LogP contribution in [-0.4, -0.2) is 54.7 Å².